The van der Waals surface area contributed by atoms with Crippen LogP contribution in [0.1, 0.15) is 12.8 Å². The highest BCUT2D eigenvalue weighted by Gasteiger charge is 2.27. The van der Waals surface area contributed by atoms with Crippen LogP contribution in [0.15, 0.2) is 12.3 Å². The molecule has 1 aromatic heterocycles. The summed E-state index contributed by atoms with van der Waals surface area (Å²) in [6.07, 6.45) is 1.83. The van der Waals surface area contributed by atoms with Crippen molar-refractivity contribution in [3.8, 4) is 5.75 Å². The molecule has 2 amide bonds. The molecule has 18 heavy (non-hydrogen) atoms. The van der Waals surface area contributed by atoms with Gasteiger partial charge < -0.3 is 10.1 Å². The molecule has 0 aliphatic carbocycles. The number of imide groups is 1. The Morgan fingerprint density at radius 3 is 3.00 bits per heavy atom. The second kappa shape index (κ2) is 4.99. The van der Waals surface area contributed by atoms with Gasteiger partial charge in [-0.25, -0.2) is 4.98 Å². The number of nitrogens with one attached hydrogen (secondary N) is 2. The van der Waals surface area contributed by atoms with Gasteiger partial charge in [0.05, 0.1) is 19.0 Å². The number of hydrogen-bond acceptors (Lipinski definition) is 5. The Balaban J connectivity index is 2.16. The highest BCUT2D eigenvalue weighted by Crippen LogP contribution is 2.25. The Bertz CT molecular complexity index is 492. The number of piperidine rings is 1. The molecule has 1 atom stereocenters. The maximum atomic E-state index is 13.0. The summed E-state index contributed by atoms with van der Waals surface area (Å²) in [4.78, 5) is 26.0. The van der Waals surface area contributed by atoms with Crippen LogP contribution < -0.4 is 15.4 Å². The van der Waals surface area contributed by atoms with Crippen molar-refractivity contribution >= 4 is 17.5 Å². The van der Waals surface area contributed by atoms with Crippen molar-refractivity contribution in [2.45, 2.75) is 18.9 Å². The number of aromatic nitrogens is 1. The van der Waals surface area contributed by atoms with E-state index in [2.05, 4.69) is 15.6 Å². The number of hydrogen-bond donors (Lipinski definition) is 2. The number of carbonyl (C=O) groups is 2. The van der Waals surface area contributed by atoms with Crippen LogP contribution in [0.2, 0.25) is 0 Å². The molecule has 2 heterocycles. The van der Waals surface area contributed by atoms with E-state index >= 15 is 0 Å². The van der Waals surface area contributed by atoms with E-state index in [1.165, 1.54) is 13.3 Å². The summed E-state index contributed by atoms with van der Waals surface area (Å²) in [6, 6.07) is 0.557. The molecule has 0 saturated carbocycles. The van der Waals surface area contributed by atoms with Gasteiger partial charge in [0.2, 0.25) is 17.8 Å². The summed E-state index contributed by atoms with van der Waals surface area (Å²) in [6.45, 7) is 0. The zero-order valence-electron chi connectivity index (χ0n) is 9.70. The normalized spacial score (nSPS) is 19.3. The van der Waals surface area contributed by atoms with Gasteiger partial charge >= 0.3 is 0 Å². The molecule has 1 unspecified atom stereocenters. The summed E-state index contributed by atoms with van der Waals surface area (Å²) in [5.41, 5.74) is 0.333. The molecule has 0 aromatic carbocycles. The van der Waals surface area contributed by atoms with Crippen LogP contribution in [0.25, 0.3) is 0 Å². The topological polar surface area (TPSA) is 80.3 Å². The highest BCUT2D eigenvalue weighted by molar-refractivity contribution is 6.01. The molecule has 1 fully saturated rings. The van der Waals surface area contributed by atoms with Crippen molar-refractivity contribution < 1.29 is 18.7 Å². The summed E-state index contributed by atoms with van der Waals surface area (Å²) in [5.74, 6) is -1.07. The fourth-order valence-corrected chi connectivity index (χ4v) is 1.71. The lowest BCUT2D eigenvalue weighted by molar-refractivity contribution is -0.133. The number of halogens is 1. The Morgan fingerprint density at radius 1 is 1.56 bits per heavy atom. The summed E-state index contributed by atoms with van der Waals surface area (Å²) in [5, 5.41) is 5.05. The van der Waals surface area contributed by atoms with Crippen molar-refractivity contribution in [2.24, 2.45) is 0 Å². The monoisotopic (exact) mass is 253 g/mol. The molecule has 1 saturated heterocycles. The third-order valence-corrected chi connectivity index (χ3v) is 2.62. The van der Waals surface area contributed by atoms with Gasteiger partial charge in [-0.15, -0.1) is 0 Å². The summed E-state index contributed by atoms with van der Waals surface area (Å²) >= 11 is 0. The number of amides is 2. The van der Waals surface area contributed by atoms with Crippen molar-refractivity contribution in [1.82, 2.24) is 10.3 Å². The van der Waals surface area contributed by atoms with Crippen molar-refractivity contribution in [3.05, 3.63) is 18.2 Å². The van der Waals surface area contributed by atoms with Gasteiger partial charge in [0.25, 0.3) is 0 Å². The van der Waals surface area contributed by atoms with E-state index < -0.39 is 17.9 Å². The Kier molecular flexibility index (Phi) is 3.40. The number of anilines is 1. The number of ether oxygens (including phenoxy) is 1. The van der Waals surface area contributed by atoms with Crippen LogP contribution in [0.3, 0.4) is 0 Å². The first kappa shape index (κ1) is 12.3. The lowest BCUT2D eigenvalue weighted by Crippen LogP contribution is -2.47. The minimum Gasteiger partial charge on any atom is -0.493 e. The van der Waals surface area contributed by atoms with Gasteiger partial charge in [0.1, 0.15) is 6.04 Å². The zero-order valence-corrected chi connectivity index (χ0v) is 9.70. The van der Waals surface area contributed by atoms with Crippen molar-refractivity contribution in [1.29, 1.82) is 0 Å². The molecular weight excluding hydrogens is 241 g/mol. The minimum absolute atomic E-state index is 0.249. The van der Waals surface area contributed by atoms with Crippen LogP contribution in [0.4, 0.5) is 10.1 Å². The molecular formula is C11H12FN3O3. The van der Waals surface area contributed by atoms with Gasteiger partial charge in [-0.3, -0.25) is 14.9 Å². The van der Waals surface area contributed by atoms with E-state index in [9.17, 15) is 14.0 Å². The molecule has 2 N–H and O–H groups in total. The minimum atomic E-state index is -0.675. The Morgan fingerprint density at radius 2 is 2.33 bits per heavy atom. The average molecular weight is 253 g/mol. The Hall–Kier alpha value is -2.18. The van der Waals surface area contributed by atoms with E-state index in [1.54, 1.807) is 0 Å². The molecule has 0 bridgehead atoms. The second-order valence-corrected chi connectivity index (χ2v) is 3.86. The van der Waals surface area contributed by atoms with Gasteiger partial charge in [-0.1, -0.05) is 0 Å². The fraction of sp³-hybridized carbons (Fsp3) is 0.364. The number of methoxy groups -OCH3 is 1. The molecule has 0 radical (unpaired) electrons. The maximum Gasteiger partial charge on any atom is 0.249 e. The third kappa shape index (κ3) is 2.55. The quantitative estimate of drug-likeness (QED) is 0.603. The highest BCUT2D eigenvalue weighted by atomic mass is 19.1. The SMILES string of the molecule is COc1cnc(F)cc1NC1CCC(=O)NC1=O. The fourth-order valence-electron chi connectivity index (χ4n) is 1.71. The maximum absolute atomic E-state index is 13.0. The van der Waals surface area contributed by atoms with E-state index in [0.29, 0.717) is 17.9 Å². The molecule has 2 rings (SSSR count). The van der Waals surface area contributed by atoms with E-state index in [1.807, 2.05) is 0 Å². The van der Waals surface area contributed by atoms with Gasteiger partial charge in [-0.2, -0.15) is 4.39 Å². The number of pyridine rings is 1. The molecule has 1 aromatic rings. The van der Waals surface area contributed by atoms with Crippen LogP contribution in [-0.2, 0) is 9.59 Å². The summed E-state index contributed by atoms with van der Waals surface area (Å²) in [7, 11) is 1.42. The lowest BCUT2D eigenvalue weighted by Gasteiger charge is -2.23. The van der Waals surface area contributed by atoms with Crippen molar-refractivity contribution in [2.75, 3.05) is 12.4 Å². The molecule has 96 valence electrons. The standard InChI is InChI=1S/C11H12FN3O3/c1-18-8-5-13-9(12)4-7(8)14-6-2-3-10(16)15-11(6)17/h4-6H,2-3H2,1H3,(H,13,14)(H,15,16,17). The molecule has 0 spiro atoms. The van der Waals surface area contributed by atoms with E-state index in [-0.39, 0.29) is 12.3 Å². The first-order valence-corrected chi connectivity index (χ1v) is 5.40. The van der Waals surface area contributed by atoms with Gasteiger partial charge in [0.15, 0.2) is 5.75 Å². The van der Waals surface area contributed by atoms with Crippen molar-refractivity contribution in [3.63, 3.8) is 0 Å². The largest absolute Gasteiger partial charge is 0.493 e. The lowest BCUT2D eigenvalue weighted by atomic mass is 10.1. The van der Waals surface area contributed by atoms with Crippen LogP contribution in [-0.4, -0.2) is 29.9 Å². The smallest absolute Gasteiger partial charge is 0.249 e. The molecule has 1 aliphatic rings. The van der Waals surface area contributed by atoms with Gasteiger partial charge in [0, 0.05) is 12.5 Å². The number of rotatable bonds is 3. The second-order valence-electron chi connectivity index (χ2n) is 3.86. The average Bonchev–Trinajstić information content (AvgIpc) is 2.33. The number of carbonyl (C=O) groups excluding carboxylic acids is 2. The van der Waals surface area contributed by atoms with Crippen LogP contribution >= 0.6 is 0 Å². The predicted octanol–water partition coefficient (Wildman–Crippen LogP) is 0.446. The molecule has 1 aliphatic heterocycles. The molecule has 7 heteroatoms. The van der Waals surface area contributed by atoms with E-state index in [4.69, 9.17) is 4.74 Å². The van der Waals surface area contributed by atoms with Crippen LogP contribution in [0.5, 0.6) is 5.75 Å². The number of nitrogens with zero attached hydrogens (tertiary/aromatic N) is 1. The zero-order chi connectivity index (χ0) is 13.1. The summed E-state index contributed by atoms with van der Waals surface area (Å²) < 4.78 is 18.0. The van der Waals surface area contributed by atoms with Gasteiger partial charge in [-0.05, 0) is 6.42 Å². The Labute approximate surface area is 103 Å². The van der Waals surface area contributed by atoms with E-state index in [0.717, 1.165) is 6.07 Å². The third-order valence-electron chi connectivity index (χ3n) is 2.62. The molecule has 6 nitrogen and oxygen atoms in total. The predicted molar refractivity (Wildman–Crippen MR) is 60.5 cm³/mol. The van der Waals surface area contributed by atoms with Crippen LogP contribution in [0, 0.1) is 5.95 Å². The first-order valence-electron chi connectivity index (χ1n) is 5.40. The first-order chi connectivity index (χ1) is 8.60.